The zero-order chi connectivity index (χ0) is 23.2. The van der Waals surface area contributed by atoms with Crippen molar-refractivity contribution < 1.29 is 9.59 Å². The van der Waals surface area contributed by atoms with Crippen LogP contribution in [0, 0.1) is 29.1 Å². The first-order chi connectivity index (χ1) is 15.8. The van der Waals surface area contributed by atoms with Gasteiger partial charge in [0.15, 0.2) is 0 Å². The number of hydrogen-bond acceptors (Lipinski definition) is 3. The van der Waals surface area contributed by atoms with Gasteiger partial charge in [0.2, 0.25) is 11.8 Å². The predicted molar refractivity (Wildman–Crippen MR) is 132 cm³/mol. The molecule has 1 saturated heterocycles. The molecule has 5 aliphatic rings. The number of amides is 2. The van der Waals surface area contributed by atoms with Crippen molar-refractivity contribution in [3.8, 4) is 0 Å². The zero-order valence-electron chi connectivity index (χ0n) is 20.7. The van der Waals surface area contributed by atoms with Gasteiger partial charge in [0.05, 0.1) is 0 Å². The van der Waals surface area contributed by atoms with Gasteiger partial charge in [0.1, 0.15) is 6.04 Å². The standard InChI is InChI=1S/C28H41N3O2/c1-19(2)25(29-27(33)28-15-20-12-21(16-28)14-22(13-20)17-28)26(32)30(3)18-23-8-4-5-9-24(23)31-10-6-7-11-31/h4-5,8-9,19-22,25H,6-7,10-18H2,1-3H3,(H,29,33). The largest absolute Gasteiger partial charge is 0.371 e. The highest BCUT2D eigenvalue weighted by molar-refractivity contribution is 5.90. The number of likely N-dealkylation sites (N-methyl/N-ethyl adjacent to an activating group) is 1. The molecule has 1 aliphatic heterocycles. The molecule has 1 N–H and O–H groups in total. The SMILES string of the molecule is CC(C)C(NC(=O)C12CC3CC(CC(C3)C1)C2)C(=O)N(C)Cc1ccccc1N1CCCC1. The monoisotopic (exact) mass is 451 g/mol. The Balaban J connectivity index is 1.28. The first-order valence-electron chi connectivity index (χ1n) is 13.2. The molecule has 4 aliphatic carbocycles. The molecule has 33 heavy (non-hydrogen) atoms. The van der Waals surface area contributed by atoms with Gasteiger partial charge in [-0.15, -0.1) is 0 Å². The summed E-state index contributed by atoms with van der Waals surface area (Å²) in [5.41, 5.74) is 2.21. The van der Waals surface area contributed by atoms with Crippen molar-refractivity contribution in [2.45, 2.75) is 77.8 Å². The van der Waals surface area contributed by atoms with Gasteiger partial charge in [0, 0.05) is 37.8 Å². The topological polar surface area (TPSA) is 52.7 Å². The van der Waals surface area contributed by atoms with Crippen LogP contribution >= 0.6 is 0 Å². The van der Waals surface area contributed by atoms with Crippen LogP contribution in [0.3, 0.4) is 0 Å². The Bertz CT molecular complexity index is 854. The Labute approximate surface area is 199 Å². The second-order valence-electron chi connectivity index (χ2n) is 11.9. The van der Waals surface area contributed by atoms with E-state index in [0.29, 0.717) is 6.54 Å². The average molecular weight is 452 g/mol. The maximum atomic E-state index is 13.6. The molecule has 5 fully saturated rings. The molecule has 5 nitrogen and oxygen atoms in total. The van der Waals surface area contributed by atoms with Crippen molar-refractivity contribution in [3.05, 3.63) is 29.8 Å². The van der Waals surface area contributed by atoms with Crippen LogP contribution < -0.4 is 10.2 Å². The van der Waals surface area contributed by atoms with Gasteiger partial charge in [-0.2, -0.15) is 0 Å². The molecule has 1 atom stereocenters. The molecule has 1 heterocycles. The fourth-order valence-electron chi connectivity index (χ4n) is 7.68. The van der Waals surface area contributed by atoms with Gasteiger partial charge in [-0.1, -0.05) is 32.0 Å². The molecule has 6 rings (SSSR count). The number of benzene rings is 1. The Hall–Kier alpha value is -2.04. The molecule has 5 heteroatoms. The predicted octanol–water partition coefficient (Wildman–Crippen LogP) is 4.60. The molecule has 1 unspecified atom stereocenters. The van der Waals surface area contributed by atoms with Crippen molar-refractivity contribution in [2.24, 2.45) is 29.1 Å². The summed E-state index contributed by atoms with van der Waals surface area (Å²) in [6.07, 6.45) is 9.51. The fourth-order valence-corrected chi connectivity index (χ4v) is 7.68. The number of hydrogen-bond donors (Lipinski definition) is 1. The van der Waals surface area contributed by atoms with Gasteiger partial charge in [-0.3, -0.25) is 9.59 Å². The minimum absolute atomic E-state index is 0.0271. The molecular formula is C28H41N3O2. The highest BCUT2D eigenvalue weighted by Gasteiger charge is 2.55. The highest BCUT2D eigenvalue weighted by Crippen LogP contribution is 2.60. The Morgan fingerprint density at radius 2 is 1.61 bits per heavy atom. The quantitative estimate of drug-likeness (QED) is 0.659. The summed E-state index contributed by atoms with van der Waals surface area (Å²) in [6, 6.07) is 7.99. The van der Waals surface area contributed by atoms with E-state index in [1.54, 1.807) is 0 Å². The average Bonchev–Trinajstić information content (AvgIpc) is 3.31. The van der Waals surface area contributed by atoms with Crippen LogP contribution in [-0.2, 0) is 16.1 Å². The van der Waals surface area contributed by atoms with Crippen LogP contribution in [0.1, 0.15) is 70.8 Å². The molecule has 0 aromatic heterocycles. The van der Waals surface area contributed by atoms with Crippen LogP contribution in [0.2, 0.25) is 0 Å². The second kappa shape index (κ2) is 8.96. The van der Waals surface area contributed by atoms with E-state index in [9.17, 15) is 9.59 Å². The summed E-state index contributed by atoms with van der Waals surface area (Å²) in [5.74, 6) is 2.41. The molecule has 1 aromatic rings. The molecule has 2 amide bonds. The van der Waals surface area contributed by atoms with Crippen LogP contribution in [-0.4, -0.2) is 42.9 Å². The van der Waals surface area contributed by atoms with Crippen molar-refractivity contribution in [1.82, 2.24) is 10.2 Å². The van der Waals surface area contributed by atoms with Gasteiger partial charge in [0.25, 0.3) is 0 Å². The van der Waals surface area contributed by atoms with Crippen molar-refractivity contribution in [3.63, 3.8) is 0 Å². The highest BCUT2D eigenvalue weighted by atomic mass is 16.2. The smallest absolute Gasteiger partial charge is 0.245 e. The summed E-state index contributed by atoms with van der Waals surface area (Å²) in [4.78, 5) is 31.5. The Morgan fingerprint density at radius 1 is 1.03 bits per heavy atom. The molecule has 0 spiro atoms. The van der Waals surface area contributed by atoms with E-state index >= 15 is 0 Å². The summed E-state index contributed by atoms with van der Waals surface area (Å²) >= 11 is 0. The summed E-state index contributed by atoms with van der Waals surface area (Å²) in [5, 5.41) is 3.27. The van der Waals surface area contributed by atoms with E-state index in [0.717, 1.165) is 50.1 Å². The number of nitrogens with zero attached hydrogens (tertiary/aromatic N) is 2. The lowest BCUT2D eigenvalue weighted by Crippen LogP contribution is -2.58. The number of anilines is 1. The maximum absolute atomic E-state index is 13.6. The Kier molecular flexibility index (Phi) is 6.17. The molecule has 1 aromatic carbocycles. The van der Waals surface area contributed by atoms with E-state index < -0.39 is 6.04 Å². The second-order valence-corrected chi connectivity index (χ2v) is 11.9. The van der Waals surface area contributed by atoms with Crippen LogP contribution in [0.15, 0.2) is 24.3 Å². The van der Waals surface area contributed by atoms with E-state index in [1.807, 2.05) is 11.9 Å². The van der Waals surface area contributed by atoms with Gasteiger partial charge < -0.3 is 15.1 Å². The van der Waals surface area contributed by atoms with E-state index in [2.05, 4.69) is 48.3 Å². The number of rotatable bonds is 7. The van der Waals surface area contributed by atoms with E-state index in [4.69, 9.17) is 0 Å². The van der Waals surface area contributed by atoms with Gasteiger partial charge >= 0.3 is 0 Å². The number of carbonyl (C=O) groups is 2. The molecule has 180 valence electrons. The normalized spacial score (nSPS) is 31.2. The molecule has 4 saturated carbocycles. The Morgan fingerprint density at radius 3 is 2.18 bits per heavy atom. The molecule has 4 bridgehead atoms. The van der Waals surface area contributed by atoms with Crippen molar-refractivity contribution >= 4 is 17.5 Å². The third-order valence-corrected chi connectivity index (χ3v) is 8.96. The summed E-state index contributed by atoms with van der Waals surface area (Å²) in [7, 11) is 1.88. The minimum Gasteiger partial charge on any atom is -0.371 e. The third kappa shape index (κ3) is 4.40. The van der Waals surface area contributed by atoms with Crippen LogP contribution in [0.25, 0.3) is 0 Å². The zero-order valence-corrected chi connectivity index (χ0v) is 20.7. The number of para-hydroxylation sites is 1. The minimum atomic E-state index is -0.463. The first kappa shape index (κ1) is 22.7. The number of nitrogens with one attached hydrogen (secondary N) is 1. The number of carbonyl (C=O) groups excluding carboxylic acids is 2. The van der Waals surface area contributed by atoms with Crippen LogP contribution in [0.4, 0.5) is 5.69 Å². The summed E-state index contributed by atoms with van der Waals surface area (Å²) < 4.78 is 0. The lowest BCUT2D eigenvalue weighted by Gasteiger charge is -2.56. The van der Waals surface area contributed by atoms with E-state index in [-0.39, 0.29) is 23.1 Å². The van der Waals surface area contributed by atoms with Gasteiger partial charge in [-0.05, 0) is 86.7 Å². The lowest BCUT2D eigenvalue weighted by atomic mass is 9.49. The molecule has 0 radical (unpaired) electrons. The van der Waals surface area contributed by atoms with Crippen molar-refractivity contribution in [1.29, 1.82) is 0 Å². The maximum Gasteiger partial charge on any atom is 0.245 e. The van der Waals surface area contributed by atoms with Crippen LogP contribution in [0.5, 0.6) is 0 Å². The van der Waals surface area contributed by atoms with Gasteiger partial charge in [-0.25, -0.2) is 0 Å². The third-order valence-electron chi connectivity index (χ3n) is 8.96. The molecular weight excluding hydrogens is 410 g/mol. The first-order valence-corrected chi connectivity index (χ1v) is 13.2. The van der Waals surface area contributed by atoms with E-state index in [1.165, 1.54) is 43.4 Å². The van der Waals surface area contributed by atoms with Crippen molar-refractivity contribution in [2.75, 3.05) is 25.0 Å². The fraction of sp³-hybridized carbons (Fsp3) is 0.714. The summed E-state index contributed by atoms with van der Waals surface area (Å²) in [6.45, 7) is 6.85. The lowest BCUT2D eigenvalue weighted by molar-refractivity contribution is -0.150.